The summed E-state index contributed by atoms with van der Waals surface area (Å²) in [5.74, 6) is 0.998. The van der Waals surface area contributed by atoms with Gasteiger partial charge in [-0.15, -0.1) is 0 Å². The molecule has 3 heteroatoms. The van der Waals surface area contributed by atoms with E-state index in [1.165, 1.54) is 0 Å². The van der Waals surface area contributed by atoms with Crippen LogP contribution in [0.25, 0.3) is 0 Å². The van der Waals surface area contributed by atoms with Crippen LogP contribution in [0.15, 0.2) is 29.2 Å². The second-order valence-electron chi connectivity index (χ2n) is 1.91. The summed E-state index contributed by atoms with van der Waals surface area (Å²) in [6.07, 6.45) is 7.68. The van der Waals surface area contributed by atoms with Crippen molar-refractivity contribution in [3.63, 3.8) is 0 Å². The number of fused-ring (bicyclic) bond motifs is 1. The van der Waals surface area contributed by atoms with E-state index in [-0.39, 0.29) is 0 Å². The molecule has 2 aliphatic rings. The normalized spacial score (nSPS) is 22.2. The van der Waals surface area contributed by atoms with Gasteiger partial charge in [-0.05, 0) is 12.2 Å². The number of allylic oxidation sites excluding steroid dienone is 1. The maximum Gasteiger partial charge on any atom is 0.144 e. The molecule has 2 aliphatic heterocycles. The first-order valence-corrected chi connectivity index (χ1v) is 2.90. The summed E-state index contributed by atoms with van der Waals surface area (Å²) >= 11 is 0. The molecule has 0 atom stereocenters. The minimum atomic E-state index is 0.886. The van der Waals surface area contributed by atoms with Gasteiger partial charge in [0, 0.05) is 19.0 Å². The Morgan fingerprint density at radius 2 is 2.67 bits per heavy atom. The number of rotatable bonds is 0. The SMILES string of the molecule is C1=CN2NCC=C2N=C1. The zero-order valence-corrected chi connectivity index (χ0v) is 4.91. The van der Waals surface area contributed by atoms with Crippen molar-refractivity contribution in [1.82, 2.24) is 10.4 Å². The third kappa shape index (κ3) is 0.658. The van der Waals surface area contributed by atoms with Gasteiger partial charge in [-0.25, -0.2) is 10.4 Å². The molecule has 0 fully saturated rings. The van der Waals surface area contributed by atoms with Crippen LogP contribution >= 0.6 is 0 Å². The molecule has 2 rings (SSSR count). The lowest BCUT2D eigenvalue weighted by Gasteiger charge is -2.15. The predicted molar refractivity (Wildman–Crippen MR) is 35.6 cm³/mol. The molecule has 0 spiro atoms. The molecule has 3 nitrogen and oxygen atoms in total. The Bertz CT molecular complexity index is 200. The maximum atomic E-state index is 4.10. The Kier molecular flexibility index (Phi) is 0.899. The molecule has 0 saturated heterocycles. The van der Waals surface area contributed by atoms with Crippen molar-refractivity contribution in [2.45, 2.75) is 0 Å². The number of hydrogen-bond acceptors (Lipinski definition) is 3. The Hall–Kier alpha value is -1.09. The highest BCUT2D eigenvalue weighted by atomic mass is 15.5. The van der Waals surface area contributed by atoms with E-state index in [1.807, 2.05) is 23.4 Å². The summed E-state index contributed by atoms with van der Waals surface area (Å²) in [7, 11) is 0. The van der Waals surface area contributed by atoms with Gasteiger partial charge >= 0.3 is 0 Å². The molecular weight excluding hydrogens is 114 g/mol. The molecule has 0 aromatic carbocycles. The van der Waals surface area contributed by atoms with Gasteiger partial charge in [0.1, 0.15) is 5.82 Å². The van der Waals surface area contributed by atoms with Crippen LogP contribution in [0.4, 0.5) is 0 Å². The molecule has 0 aromatic rings. The molecule has 1 N–H and O–H groups in total. The lowest BCUT2D eigenvalue weighted by Crippen LogP contribution is -2.26. The third-order valence-corrected chi connectivity index (χ3v) is 1.32. The van der Waals surface area contributed by atoms with Crippen molar-refractivity contribution < 1.29 is 0 Å². The lowest BCUT2D eigenvalue weighted by molar-refractivity contribution is 0.383. The first-order chi connectivity index (χ1) is 4.47. The van der Waals surface area contributed by atoms with Gasteiger partial charge in [-0.1, -0.05) is 0 Å². The van der Waals surface area contributed by atoms with Crippen molar-refractivity contribution in [1.29, 1.82) is 0 Å². The fraction of sp³-hybridized carbons (Fsp3) is 0.167. The topological polar surface area (TPSA) is 27.6 Å². The van der Waals surface area contributed by atoms with E-state index in [1.54, 1.807) is 6.21 Å². The average Bonchev–Trinajstić information content (AvgIpc) is 2.33. The molecule has 2 heterocycles. The molecular formula is C6H7N3. The van der Waals surface area contributed by atoms with Crippen LogP contribution in [-0.4, -0.2) is 17.8 Å². The van der Waals surface area contributed by atoms with Gasteiger partial charge in [0.2, 0.25) is 0 Å². The summed E-state index contributed by atoms with van der Waals surface area (Å²) in [6, 6.07) is 0. The first-order valence-electron chi connectivity index (χ1n) is 2.90. The Morgan fingerprint density at radius 1 is 1.67 bits per heavy atom. The number of hydrazine groups is 1. The predicted octanol–water partition coefficient (Wildman–Crippen LogP) is 0.246. The summed E-state index contributed by atoms with van der Waals surface area (Å²) in [5.41, 5.74) is 3.10. The Morgan fingerprint density at radius 3 is 3.56 bits per heavy atom. The number of hydrogen-bond donors (Lipinski definition) is 1. The fourth-order valence-electron chi connectivity index (χ4n) is 0.903. The third-order valence-electron chi connectivity index (χ3n) is 1.32. The molecule has 0 unspecified atom stereocenters. The monoisotopic (exact) mass is 121 g/mol. The van der Waals surface area contributed by atoms with Crippen LogP contribution in [0.1, 0.15) is 0 Å². The molecule has 0 aliphatic carbocycles. The molecule has 0 aromatic heterocycles. The zero-order valence-electron chi connectivity index (χ0n) is 4.91. The highest BCUT2D eigenvalue weighted by Crippen LogP contribution is 2.10. The van der Waals surface area contributed by atoms with E-state index in [9.17, 15) is 0 Å². The summed E-state index contributed by atoms with van der Waals surface area (Å²) in [5, 5.41) is 1.90. The Labute approximate surface area is 53.3 Å². The van der Waals surface area contributed by atoms with Crippen LogP contribution < -0.4 is 5.43 Å². The van der Waals surface area contributed by atoms with Gasteiger partial charge in [-0.2, -0.15) is 0 Å². The number of aliphatic imine (C=N–C) groups is 1. The van der Waals surface area contributed by atoms with E-state index in [0.29, 0.717) is 0 Å². The highest BCUT2D eigenvalue weighted by Gasteiger charge is 2.10. The standard InChI is InChI=1S/C6H7N3/c1-3-7-6-2-4-8-9(6)5-1/h1-3,5,8H,4H2. The Balaban J connectivity index is 2.33. The number of nitrogens with one attached hydrogen (secondary N) is 1. The zero-order chi connectivity index (χ0) is 6.10. The van der Waals surface area contributed by atoms with Crippen LogP contribution in [0.5, 0.6) is 0 Å². The molecule has 9 heavy (non-hydrogen) atoms. The van der Waals surface area contributed by atoms with E-state index in [4.69, 9.17) is 0 Å². The van der Waals surface area contributed by atoms with Crippen LogP contribution in [0.2, 0.25) is 0 Å². The molecule has 0 bridgehead atoms. The second kappa shape index (κ2) is 1.70. The summed E-state index contributed by atoms with van der Waals surface area (Å²) < 4.78 is 0. The van der Waals surface area contributed by atoms with E-state index < -0.39 is 0 Å². The van der Waals surface area contributed by atoms with Crippen LogP contribution in [-0.2, 0) is 0 Å². The summed E-state index contributed by atoms with van der Waals surface area (Å²) in [4.78, 5) is 4.10. The van der Waals surface area contributed by atoms with E-state index in [2.05, 4.69) is 10.4 Å². The minimum absolute atomic E-state index is 0.886. The fourth-order valence-corrected chi connectivity index (χ4v) is 0.903. The van der Waals surface area contributed by atoms with Gasteiger partial charge < -0.3 is 0 Å². The van der Waals surface area contributed by atoms with Crippen molar-refractivity contribution >= 4 is 6.21 Å². The van der Waals surface area contributed by atoms with Crippen LogP contribution in [0.3, 0.4) is 0 Å². The molecule has 0 amide bonds. The van der Waals surface area contributed by atoms with Gasteiger partial charge in [0.25, 0.3) is 0 Å². The first kappa shape index (κ1) is 4.76. The van der Waals surface area contributed by atoms with Crippen molar-refractivity contribution in [2.24, 2.45) is 4.99 Å². The van der Waals surface area contributed by atoms with Crippen molar-refractivity contribution in [3.8, 4) is 0 Å². The van der Waals surface area contributed by atoms with Crippen LogP contribution in [0, 0.1) is 0 Å². The van der Waals surface area contributed by atoms with Gasteiger partial charge in [0.15, 0.2) is 0 Å². The van der Waals surface area contributed by atoms with Gasteiger partial charge in [-0.3, -0.25) is 5.01 Å². The maximum absolute atomic E-state index is 4.10. The lowest BCUT2D eigenvalue weighted by atomic mass is 10.5. The van der Waals surface area contributed by atoms with E-state index >= 15 is 0 Å². The molecule has 0 radical (unpaired) electrons. The quantitative estimate of drug-likeness (QED) is 0.497. The summed E-state index contributed by atoms with van der Waals surface area (Å²) in [6.45, 7) is 0.886. The van der Waals surface area contributed by atoms with Crippen molar-refractivity contribution in [3.05, 3.63) is 24.2 Å². The number of nitrogens with zero attached hydrogens (tertiary/aromatic N) is 2. The van der Waals surface area contributed by atoms with Gasteiger partial charge in [0.05, 0.1) is 0 Å². The highest BCUT2D eigenvalue weighted by molar-refractivity contribution is 5.73. The van der Waals surface area contributed by atoms with E-state index in [0.717, 1.165) is 12.4 Å². The van der Waals surface area contributed by atoms with Crippen molar-refractivity contribution in [2.75, 3.05) is 6.54 Å². The molecule has 0 saturated carbocycles. The molecule has 46 valence electrons. The average molecular weight is 121 g/mol. The largest absolute Gasteiger partial charge is 0.267 e. The second-order valence-corrected chi connectivity index (χ2v) is 1.91. The minimum Gasteiger partial charge on any atom is -0.267 e. The smallest absolute Gasteiger partial charge is 0.144 e.